The Kier molecular flexibility index (Phi) is 263. The SMILES string of the molecule is [CH3-].[CH3-].[Mn].[Y]. The smallest absolute Gasteiger partial charge is 0 e. The van der Waals surface area contributed by atoms with Crippen molar-refractivity contribution in [3.05, 3.63) is 14.9 Å². The van der Waals surface area contributed by atoms with Crippen LogP contribution in [0.5, 0.6) is 0 Å². The van der Waals surface area contributed by atoms with Crippen LogP contribution in [0.25, 0.3) is 0 Å². The molecule has 0 aliphatic heterocycles. The molecule has 0 heterocycles. The van der Waals surface area contributed by atoms with Crippen molar-refractivity contribution < 1.29 is 49.8 Å². The van der Waals surface area contributed by atoms with E-state index in [1.165, 1.54) is 0 Å². The molecular formula is C2H6MnY-2. The van der Waals surface area contributed by atoms with Gasteiger partial charge in [0.1, 0.15) is 0 Å². The summed E-state index contributed by atoms with van der Waals surface area (Å²) < 4.78 is 0. The van der Waals surface area contributed by atoms with Gasteiger partial charge in [0.2, 0.25) is 0 Å². The first-order chi connectivity index (χ1) is 0. The minimum absolute atomic E-state index is 0. The van der Waals surface area contributed by atoms with E-state index in [2.05, 4.69) is 0 Å². The van der Waals surface area contributed by atoms with Gasteiger partial charge in [0.25, 0.3) is 0 Å². The van der Waals surface area contributed by atoms with Crippen molar-refractivity contribution in [2.75, 3.05) is 0 Å². The molecule has 0 rings (SSSR count). The Morgan fingerprint density at radius 3 is 0.750 bits per heavy atom. The van der Waals surface area contributed by atoms with Gasteiger partial charge in [-0.25, -0.2) is 0 Å². The quantitative estimate of drug-likeness (QED) is 0.378. The summed E-state index contributed by atoms with van der Waals surface area (Å²) in [5.41, 5.74) is 0. The fourth-order valence-corrected chi connectivity index (χ4v) is 0. The molecule has 0 unspecified atom stereocenters. The van der Waals surface area contributed by atoms with Gasteiger partial charge in [-0.3, -0.25) is 0 Å². The first kappa shape index (κ1) is 45.6. The molecule has 0 amide bonds. The standard InChI is InChI=1S/2CH3.Mn.Y/h2*1H3;;/q2*-1;;. The Morgan fingerprint density at radius 1 is 0.750 bits per heavy atom. The van der Waals surface area contributed by atoms with Crippen molar-refractivity contribution in [1.82, 2.24) is 0 Å². The molecule has 0 aliphatic rings. The monoisotopic (exact) mass is 174 g/mol. The topological polar surface area (TPSA) is 0 Å². The second-order valence-corrected chi connectivity index (χ2v) is 0. The second kappa shape index (κ2) is 23.0. The Balaban J connectivity index is 0. The van der Waals surface area contributed by atoms with Gasteiger partial charge in [-0.15, -0.1) is 0 Å². The van der Waals surface area contributed by atoms with Gasteiger partial charge in [-0.05, 0) is 0 Å². The zero-order valence-corrected chi connectivity index (χ0v) is 6.97. The molecule has 26 valence electrons. The average Bonchev–Trinajstić information content (AvgIpc) is 0. The Labute approximate surface area is 64.1 Å². The minimum Gasteiger partial charge on any atom is -0.358 e. The van der Waals surface area contributed by atoms with Crippen LogP contribution < -0.4 is 0 Å². The third-order valence-electron chi connectivity index (χ3n) is 0. The Bertz CT molecular complexity index is 6.00. The van der Waals surface area contributed by atoms with Crippen molar-refractivity contribution in [2.24, 2.45) is 0 Å². The minimum atomic E-state index is 0. The molecule has 0 nitrogen and oxygen atoms in total. The average molecular weight is 174 g/mol. The molecule has 0 saturated heterocycles. The summed E-state index contributed by atoms with van der Waals surface area (Å²) in [6.45, 7) is 0. The molecule has 2 radical (unpaired) electrons. The van der Waals surface area contributed by atoms with E-state index in [1.54, 1.807) is 0 Å². The van der Waals surface area contributed by atoms with Gasteiger partial charge in [0.05, 0.1) is 0 Å². The van der Waals surface area contributed by atoms with Crippen LogP contribution in [0.15, 0.2) is 0 Å². The third kappa shape index (κ3) is 9.46. The first-order valence-electron chi connectivity index (χ1n) is 0. The van der Waals surface area contributed by atoms with E-state index in [-0.39, 0.29) is 64.6 Å². The summed E-state index contributed by atoms with van der Waals surface area (Å²) >= 11 is 0. The van der Waals surface area contributed by atoms with Crippen LogP contribution in [0.2, 0.25) is 0 Å². The summed E-state index contributed by atoms with van der Waals surface area (Å²) in [5, 5.41) is 0. The van der Waals surface area contributed by atoms with Gasteiger partial charge in [0, 0.05) is 49.8 Å². The van der Waals surface area contributed by atoms with E-state index in [0.29, 0.717) is 0 Å². The first-order valence-corrected chi connectivity index (χ1v) is 0. The molecule has 0 N–H and O–H groups in total. The largest absolute Gasteiger partial charge is 0.358 e. The number of hydrogen-bond acceptors (Lipinski definition) is 0. The molecule has 0 atom stereocenters. The molecule has 0 fully saturated rings. The predicted molar refractivity (Wildman–Crippen MR) is 12.8 cm³/mol. The summed E-state index contributed by atoms with van der Waals surface area (Å²) in [7, 11) is 0. The van der Waals surface area contributed by atoms with Gasteiger partial charge in [-0.2, -0.15) is 0 Å². The summed E-state index contributed by atoms with van der Waals surface area (Å²) in [5.74, 6) is 0. The maximum Gasteiger partial charge on any atom is 0 e. The Morgan fingerprint density at radius 2 is 0.750 bits per heavy atom. The van der Waals surface area contributed by atoms with Crippen molar-refractivity contribution in [1.29, 1.82) is 0 Å². The van der Waals surface area contributed by atoms with E-state index in [9.17, 15) is 0 Å². The molecular weight excluding hydrogens is 168 g/mol. The predicted octanol–water partition coefficient (Wildman–Crippen LogP) is 0.896. The van der Waals surface area contributed by atoms with Crippen molar-refractivity contribution in [3.8, 4) is 0 Å². The molecule has 4 heavy (non-hydrogen) atoms. The normalized spacial score (nSPS) is 0. The van der Waals surface area contributed by atoms with E-state index < -0.39 is 0 Å². The fourth-order valence-electron chi connectivity index (χ4n) is 0. The van der Waals surface area contributed by atoms with Crippen LogP contribution in [-0.2, 0) is 49.8 Å². The number of hydrogen-bond donors (Lipinski definition) is 0. The summed E-state index contributed by atoms with van der Waals surface area (Å²) in [6.07, 6.45) is 0. The maximum atomic E-state index is 0. The summed E-state index contributed by atoms with van der Waals surface area (Å²) in [4.78, 5) is 0. The van der Waals surface area contributed by atoms with Gasteiger partial charge in [-0.1, -0.05) is 0 Å². The van der Waals surface area contributed by atoms with E-state index in [1.807, 2.05) is 0 Å². The molecule has 0 aromatic carbocycles. The summed E-state index contributed by atoms with van der Waals surface area (Å²) in [6, 6.07) is 0. The van der Waals surface area contributed by atoms with E-state index in [4.69, 9.17) is 0 Å². The molecule has 0 aromatic heterocycles. The molecule has 0 bridgehead atoms. The van der Waals surface area contributed by atoms with Crippen LogP contribution in [0, 0.1) is 14.9 Å². The van der Waals surface area contributed by atoms with Crippen LogP contribution in [-0.4, -0.2) is 0 Å². The Hall–Kier alpha value is 1.62. The van der Waals surface area contributed by atoms with E-state index >= 15 is 0 Å². The van der Waals surface area contributed by atoms with Crippen molar-refractivity contribution >= 4 is 0 Å². The zero-order chi connectivity index (χ0) is 0. The van der Waals surface area contributed by atoms with Gasteiger partial charge >= 0.3 is 0 Å². The van der Waals surface area contributed by atoms with Crippen LogP contribution in [0.3, 0.4) is 0 Å². The van der Waals surface area contributed by atoms with Crippen molar-refractivity contribution in [2.45, 2.75) is 0 Å². The number of rotatable bonds is 0. The van der Waals surface area contributed by atoms with E-state index in [0.717, 1.165) is 0 Å². The molecule has 0 aliphatic carbocycles. The van der Waals surface area contributed by atoms with Crippen LogP contribution in [0.4, 0.5) is 0 Å². The molecule has 0 spiro atoms. The second-order valence-electron chi connectivity index (χ2n) is 0. The maximum absolute atomic E-state index is 0. The van der Waals surface area contributed by atoms with Crippen molar-refractivity contribution in [3.63, 3.8) is 0 Å². The fraction of sp³-hybridized carbons (Fsp3) is 0. The molecule has 0 saturated carbocycles. The zero-order valence-electron chi connectivity index (χ0n) is 2.96. The van der Waals surface area contributed by atoms with Crippen LogP contribution >= 0.6 is 0 Å². The molecule has 0 aromatic rings. The van der Waals surface area contributed by atoms with Gasteiger partial charge in [0.15, 0.2) is 0 Å². The molecule has 2 heteroatoms. The third-order valence-corrected chi connectivity index (χ3v) is 0. The van der Waals surface area contributed by atoms with Crippen LogP contribution in [0.1, 0.15) is 0 Å². The van der Waals surface area contributed by atoms with Gasteiger partial charge < -0.3 is 14.9 Å².